The zero-order valence-corrected chi connectivity index (χ0v) is 15.9. The largest absolute Gasteiger partial charge is 0.493 e. The zero-order chi connectivity index (χ0) is 18.9. The fraction of sp³-hybridized carbons (Fsp3) is 0.524. The van der Waals surface area contributed by atoms with E-state index in [0.29, 0.717) is 18.3 Å². The number of benzene rings is 1. The first kappa shape index (κ1) is 20.0. The Morgan fingerprint density at radius 1 is 1.27 bits per heavy atom. The highest BCUT2D eigenvalue weighted by Gasteiger charge is 2.25. The average molecular weight is 359 g/mol. The van der Waals surface area contributed by atoms with Gasteiger partial charge < -0.3 is 14.8 Å². The molecule has 142 valence electrons. The van der Waals surface area contributed by atoms with Crippen molar-refractivity contribution in [1.82, 2.24) is 5.32 Å². The van der Waals surface area contributed by atoms with Crippen molar-refractivity contribution in [2.45, 2.75) is 58.6 Å². The van der Waals surface area contributed by atoms with Gasteiger partial charge in [0.25, 0.3) is 5.91 Å². The molecule has 0 aliphatic heterocycles. The van der Waals surface area contributed by atoms with Crippen LogP contribution in [0.1, 0.15) is 52.0 Å². The van der Waals surface area contributed by atoms with Gasteiger partial charge >= 0.3 is 5.97 Å². The van der Waals surface area contributed by atoms with E-state index in [9.17, 15) is 9.59 Å². The van der Waals surface area contributed by atoms with Crippen LogP contribution in [0.5, 0.6) is 5.75 Å². The highest BCUT2D eigenvalue weighted by Crippen LogP contribution is 2.24. The minimum absolute atomic E-state index is 0.172. The summed E-state index contributed by atoms with van der Waals surface area (Å²) in [6, 6.07) is 7.62. The monoisotopic (exact) mass is 359 g/mol. The number of carbonyl (C=O) groups is 2. The van der Waals surface area contributed by atoms with Gasteiger partial charge in [-0.1, -0.05) is 38.0 Å². The van der Waals surface area contributed by atoms with Gasteiger partial charge in [-0.2, -0.15) is 0 Å². The minimum atomic E-state index is -0.816. The van der Waals surface area contributed by atoms with Crippen LogP contribution in [0.2, 0.25) is 0 Å². The van der Waals surface area contributed by atoms with Gasteiger partial charge in [-0.15, -0.1) is 0 Å². The van der Waals surface area contributed by atoms with E-state index in [1.54, 1.807) is 13.0 Å². The Morgan fingerprint density at radius 3 is 2.73 bits per heavy atom. The smallest absolute Gasteiger partial charge is 0.331 e. The van der Waals surface area contributed by atoms with Crippen molar-refractivity contribution in [2.75, 3.05) is 6.61 Å². The van der Waals surface area contributed by atoms with Crippen LogP contribution in [0.4, 0.5) is 0 Å². The Hall–Kier alpha value is -2.30. The molecule has 1 N–H and O–H groups in total. The van der Waals surface area contributed by atoms with Gasteiger partial charge in [0, 0.05) is 17.7 Å². The second-order valence-corrected chi connectivity index (χ2v) is 6.76. The zero-order valence-electron chi connectivity index (χ0n) is 15.9. The third-order valence-corrected chi connectivity index (χ3v) is 4.72. The quantitative estimate of drug-likeness (QED) is 0.595. The first-order chi connectivity index (χ1) is 12.5. The molecule has 2 rings (SSSR count). The third kappa shape index (κ3) is 5.90. The molecule has 0 unspecified atom stereocenters. The van der Waals surface area contributed by atoms with Gasteiger partial charge in [-0.3, -0.25) is 4.79 Å². The van der Waals surface area contributed by atoms with Crippen LogP contribution in [0, 0.1) is 5.92 Å². The number of nitrogens with one attached hydrogen (secondary N) is 1. The van der Waals surface area contributed by atoms with Crippen molar-refractivity contribution >= 4 is 18.0 Å². The van der Waals surface area contributed by atoms with E-state index in [-0.39, 0.29) is 11.9 Å². The number of para-hydroxylation sites is 1. The molecule has 0 saturated heterocycles. The maximum Gasteiger partial charge on any atom is 0.331 e. The van der Waals surface area contributed by atoms with Gasteiger partial charge in [-0.25, -0.2) is 4.79 Å². The van der Waals surface area contributed by atoms with E-state index in [1.165, 1.54) is 12.5 Å². The summed E-state index contributed by atoms with van der Waals surface area (Å²) >= 11 is 0. The number of esters is 1. The molecule has 1 aromatic carbocycles. The Morgan fingerprint density at radius 2 is 2.00 bits per heavy atom. The fourth-order valence-corrected chi connectivity index (χ4v) is 3.16. The molecule has 0 spiro atoms. The predicted molar refractivity (Wildman–Crippen MR) is 102 cm³/mol. The van der Waals surface area contributed by atoms with Crippen LogP contribution < -0.4 is 10.1 Å². The van der Waals surface area contributed by atoms with Crippen molar-refractivity contribution in [1.29, 1.82) is 0 Å². The Bertz CT molecular complexity index is 641. The maximum absolute atomic E-state index is 12.3. The van der Waals surface area contributed by atoms with Crippen molar-refractivity contribution in [3.8, 4) is 5.75 Å². The first-order valence-electron chi connectivity index (χ1n) is 9.42. The molecule has 1 saturated carbocycles. The van der Waals surface area contributed by atoms with E-state index in [1.807, 2.05) is 31.2 Å². The summed E-state index contributed by atoms with van der Waals surface area (Å²) < 4.78 is 10.7. The average Bonchev–Trinajstić information content (AvgIpc) is 2.63. The van der Waals surface area contributed by atoms with Gasteiger partial charge in [0.1, 0.15) is 5.75 Å². The summed E-state index contributed by atoms with van der Waals surface area (Å²) in [6.07, 6.45) is 6.61. The van der Waals surface area contributed by atoms with Crippen LogP contribution >= 0.6 is 0 Å². The second-order valence-electron chi connectivity index (χ2n) is 6.76. The topological polar surface area (TPSA) is 64.6 Å². The van der Waals surface area contributed by atoms with Crippen LogP contribution in [-0.4, -0.2) is 30.6 Å². The van der Waals surface area contributed by atoms with Crippen molar-refractivity contribution < 1.29 is 19.1 Å². The number of hydrogen-bond donors (Lipinski definition) is 1. The molecular formula is C21H29NO4. The minimum Gasteiger partial charge on any atom is -0.493 e. The molecule has 26 heavy (non-hydrogen) atoms. The predicted octanol–water partition coefficient (Wildman–Crippen LogP) is 3.73. The summed E-state index contributed by atoms with van der Waals surface area (Å²) in [5.74, 6) is 0.387. The lowest BCUT2D eigenvalue weighted by Crippen LogP contribution is -2.45. The number of ether oxygens (including phenoxy) is 2. The van der Waals surface area contributed by atoms with Crippen LogP contribution in [0.15, 0.2) is 30.3 Å². The summed E-state index contributed by atoms with van der Waals surface area (Å²) in [7, 11) is 0. The molecular weight excluding hydrogens is 330 g/mol. The molecule has 1 fully saturated rings. The molecule has 0 bridgehead atoms. The van der Waals surface area contributed by atoms with Crippen molar-refractivity contribution in [3.63, 3.8) is 0 Å². The Kier molecular flexibility index (Phi) is 7.70. The highest BCUT2D eigenvalue weighted by atomic mass is 16.5. The number of carbonyl (C=O) groups excluding carboxylic acids is 2. The summed E-state index contributed by atoms with van der Waals surface area (Å²) in [5, 5.41) is 3.01. The van der Waals surface area contributed by atoms with E-state index < -0.39 is 12.1 Å². The van der Waals surface area contributed by atoms with Crippen molar-refractivity contribution in [3.05, 3.63) is 35.9 Å². The molecule has 0 aromatic heterocycles. The van der Waals surface area contributed by atoms with Crippen LogP contribution in [0.25, 0.3) is 6.08 Å². The Balaban J connectivity index is 1.87. The fourth-order valence-electron chi connectivity index (χ4n) is 3.16. The Labute approximate surface area is 155 Å². The van der Waals surface area contributed by atoms with Crippen LogP contribution in [0.3, 0.4) is 0 Å². The van der Waals surface area contributed by atoms with E-state index in [0.717, 1.165) is 24.8 Å². The van der Waals surface area contributed by atoms with Crippen molar-refractivity contribution in [2.24, 2.45) is 5.92 Å². The summed E-state index contributed by atoms with van der Waals surface area (Å²) in [5.41, 5.74) is 0.791. The SMILES string of the molecule is CCOc1ccccc1/C=C/C(=O)O[C@@H](C)C(=O)N[C@H]1CCCC[C@@H]1C. The molecule has 1 aliphatic rings. The molecule has 0 heterocycles. The summed E-state index contributed by atoms with van der Waals surface area (Å²) in [4.78, 5) is 24.3. The number of hydrogen-bond acceptors (Lipinski definition) is 4. The normalized spacial score (nSPS) is 21.2. The van der Waals surface area contributed by atoms with Crippen LogP contribution in [-0.2, 0) is 14.3 Å². The highest BCUT2D eigenvalue weighted by molar-refractivity contribution is 5.90. The number of amides is 1. The van der Waals surface area contributed by atoms with E-state index >= 15 is 0 Å². The molecule has 1 aromatic rings. The van der Waals surface area contributed by atoms with Gasteiger partial charge in [0.2, 0.25) is 0 Å². The lowest BCUT2D eigenvalue weighted by molar-refractivity contribution is -0.150. The maximum atomic E-state index is 12.3. The van der Waals surface area contributed by atoms with Gasteiger partial charge in [0.05, 0.1) is 6.61 Å². The molecule has 0 radical (unpaired) electrons. The third-order valence-electron chi connectivity index (χ3n) is 4.72. The van der Waals surface area contributed by atoms with E-state index in [2.05, 4.69) is 12.2 Å². The van der Waals surface area contributed by atoms with Gasteiger partial charge in [-0.05, 0) is 44.7 Å². The molecule has 3 atom stereocenters. The molecule has 5 nitrogen and oxygen atoms in total. The molecule has 5 heteroatoms. The second kappa shape index (κ2) is 10.00. The summed E-state index contributed by atoms with van der Waals surface area (Å²) in [6.45, 7) is 6.20. The van der Waals surface area contributed by atoms with Gasteiger partial charge in [0.15, 0.2) is 6.10 Å². The van der Waals surface area contributed by atoms with E-state index in [4.69, 9.17) is 9.47 Å². The standard InChI is InChI=1S/C21H29NO4/c1-4-25-19-12-8-6-10-17(19)13-14-20(23)26-16(3)21(24)22-18-11-7-5-9-15(18)2/h6,8,10,12-16,18H,4-5,7,9,11H2,1-3H3,(H,22,24)/b14-13+/t15-,16-,18-/m0/s1. The molecule has 1 amide bonds. The molecule has 1 aliphatic carbocycles. The lowest BCUT2D eigenvalue weighted by Gasteiger charge is -2.30. The first-order valence-corrected chi connectivity index (χ1v) is 9.42. The number of rotatable bonds is 7. The lowest BCUT2D eigenvalue weighted by atomic mass is 9.86.